The van der Waals surface area contributed by atoms with Gasteiger partial charge in [-0.3, -0.25) is 4.79 Å². The molecule has 0 aromatic heterocycles. The summed E-state index contributed by atoms with van der Waals surface area (Å²) in [5.74, 6) is 0.128. The molecule has 1 amide bonds. The topological polar surface area (TPSA) is 66.5 Å². The monoisotopic (exact) mass is 446 g/mol. The molecule has 0 saturated heterocycles. The van der Waals surface area contributed by atoms with Crippen LogP contribution in [0.2, 0.25) is 0 Å². The molecule has 164 valence electrons. The molecule has 0 heterocycles. The number of sulfonamides is 1. The Morgan fingerprint density at radius 2 is 1.38 bits per heavy atom. The molecular weight excluding hydrogens is 420 g/mol. The van der Waals surface area contributed by atoms with E-state index in [1.165, 1.54) is 52.8 Å². The van der Waals surface area contributed by atoms with Gasteiger partial charge in [-0.15, -0.1) is 0 Å². The van der Waals surface area contributed by atoms with E-state index in [4.69, 9.17) is 0 Å². The molecule has 3 aliphatic rings. The third-order valence-electron chi connectivity index (χ3n) is 7.04. The molecule has 6 rings (SSSR count). The van der Waals surface area contributed by atoms with E-state index in [0.29, 0.717) is 5.69 Å². The third-order valence-corrected chi connectivity index (χ3v) is 8.87. The lowest BCUT2D eigenvalue weighted by molar-refractivity contribution is -0.126. The lowest BCUT2D eigenvalue weighted by Crippen LogP contribution is -2.47. The van der Waals surface area contributed by atoms with Gasteiger partial charge in [0.15, 0.2) is 0 Å². The minimum Gasteiger partial charge on any atom is -0.326 e. The lowest BCUT2D eigenvalue weighted by Gasteiger charge is -2.50. The number of carbonyl (C=O) groups excluding carboxylic acids is 1. The van der Waals surface area contributed by atoms with Crippen molar-refractivity contribution in [3.8, 4) is 0 Å². The van der Waals surface area contributed by atoms with Gasteiger partial charge in [0.2, 0.25) is 15.9 Å². The van der Waals surface area contributed by atoms with Gasteiger partial charge in [-0.2, -0.15) is 0 Å². The zero-order chi connectivity index (χ0) is 22.7. The Morgan fingerprint density at radius 1 is 0.875 bits per heavy atom. The van der Waals surface area contributed by atoms with Crippen LogP contribution >= 0.6 is 0 Å². The maximum atomic E-state index is 13.7. The van der Waals surface area contributed by atoms with Crippen LogP contribution in [0, 0.1) is 5.41 Å². The summed E-state index contributed by atoms with van der Waals surface area (Å²) in [6.07, 6.45) is 0.741. The number of hydrogen-bond acceptors (Lipinski definition) is 3. The largest absolute Gasteiger partial charge is 0.326 e. The summed E-state index contributed by atoms with van der Waals surface area (Å²) in [5.41, 5.74) is 5.08. The SMILES string of the molecule is CN(C)S(=O)(=O)c1ccc(NC(=O)C2(C)CC3c4ccccc4C2c2ccccc23)cc1. The zero-order valence-electron chi connectivity index (χ0n) is 18.4. The molecule has 1 unspecified atom stereocenters. The Labute approximate surface area is 189 Å². The fraction of sp³-hybridized carbons (Fsp3) is 0.269. The molecule has 0 spiro atoms. The summed E-state index contributed by atoms with van der Waals surface area (Å²) < 4.78 is 25.8. The Bertz CT molecular complexity index is 1270. The van der Waals surface area contributed by atoms with Crippen molar-refractivity contribution in [1.82, 2.24) is 4.31 Å². The summed E-state index contributed by atoms with van der Waals surface area (Å²) in [7, 11) is -0.509. The van der Waals surface area contributed by atoms with Gasteiger partial charge in [-0.05, 0) is 59.9 Å². The van der Waals surface area contributed by atoms with E-state index >= 15 is 0 Å². The van der Waals surface area contributed by atoms with Gasteiger partial charge in [0.25, 0.3) is 0 Å². The van der Waals surface area contributed by atoms with Crippen molar-refractivity contribution in [1.29, 1.82) is 0 Å². The van der Waals surface area contributed by atoms with Crippen LogP contribution in [-0.2, 0) is 14.8 Å². The first-order chi connectivity index (χ1) is 15.2. The average Bonchev–Trinajstić information content (AvgIpc) is 2.79. The van der Waals surface area contributed by atoms with E-state index in [1.807, 2.05) is 12.1 Å². The van der Waals surface area contributed by atoms with Crippen molar-refractivity contribution < 1.29 is 13.2 Å². The van der Waals surface area contributed by atoms with Crippen LogP contribution < -0.4 is 5.32 Å². The number of nitrogens with one attached hydrogen (secondary N) is 1. The predicted molar refractivity (Wildman–Crippen MR) is 125 cm³/mol. The summed E-state index contributed by atoms with van der Waals surface area (Å²) in [6.45, 7) is 2.05. The van der Waals surface area contributed by atoms with Gasteiger partial charge in [0.1, 0.15) is 0 Å². The number of hydrogen-bond donors (Lipinski definition) is 1. The highest BCUT2D eigenvalue weighted by atomic mass is 32.2. The van der Waals surface area contributed by atoms with Crippen LogP contribution in [0.5, 0.6) is 0 Å². The summed E-state index contributed by atoms with van der Waals surface area (Å²) in [6, 6.07) is 23.3. The fourth-order valence-corrected chi connectivity index (χ4v) is 6.29. The molecule has 6 heteroatoms. The van der Waals surface area contributed by atoms with E-state index in [1.54, 1.807) is 12.1 Å². The molecule has 2 bridgehead atoms. The highest BCUT2D eigenvalue weighted by molar-refractivity contribution is 7.89. The van der Waals surface area contributed by atoms with E-state index in [-0.39, 0.29) is 22.6 Å². The van der Waals surface area contributed by atoms with E-state index in [2.05, 4.69) is 48.6 Å². The van der Waals surface area contributed by atoms with Crippen LogP contribution in [-0.4, -0.2) is 32.7 Å². The smallest absolute Gasteiger partial charge is 0.242 e. The van der Waals surface area contributed by atoms with Gasteiger partial charge < -0.3 is 5.32 Å². The van der Waals surface area contributed by atoms with Gasteiger partial charge in [0, 0.05) is 31.6 Å². The molecule has 0 fully saturated rings. The second-order valence-electron chi connectivity index (χ2n) is 9.13. The number of nitrogens with zero attached hydrogens (tertiary/aromatic N) is 1. The standard InChI is InChI=1S/C26H26N2O3S/c1-26(25(29)27-17-12-14-18(15-13-17)32(30,31)28(2)3)16-23-19-8-4-6-10-21(19)24(26)22-11-7-5-9-20(22)23/h4-15,23-24H,16H2,1-3H3,(H,27,29). The second kappa shape index (κ2) is 7.29. The number of anilines is 1. The highest BCUT2D eigenvalue weighted by Gasteiger charge is 2.53. The number of benzene rings is 3. The average molecular weight is 447 g/mol. The summed E-state index contributed by atoms with van der Waals surface area (Å²) >= 11 is 0. The zero-order valence-corrected chi connectivity index (χ0v) is 19.2. The number of fused-ring (bicyclic) bond motifs is 1. The van der Waals surface area contributed by atoms with Crippen LogP contribution in [0.1, 0.15) is 47.4 Å². The van der Waals surface area contributed by atoms with Crippen molar-refractivity contribution in [2.45, 2.75) is 30.1 Å². The van der Waals surface area contributed by atoms with Crippen molar-refractivity contribution >= 4 is 21.6 Å². The van der Waals surface area contributed by atoms with Gasteiger partial charge in [-0.1, -0.05) is 48.5 Å². The minimum absolute atomic E-state index is 0.0201. The molecule has 3 aromatic carbocycles. The quantitative estimate of drug-likeness (QED) is 0.639. The van der Waals surface area contributed by atoms with Gasteiger partial charge in [0.05, 0.1) is 10.3 Å². The Morgan fingerprint density at radius 3 is 1.88 bits per heavy atom. The predicted octanol–water partition coefficient (Wildman–Crippen LogP) is 4.56. The van der Waals surface area contributed by atoms with Crippen molar-refractivity contribution in [2.75, 3.05) is 19.4 Å². The molecule has 1 atom stereocenters. The molecule has 3 aliphatic carbocycles. The summed E-state index contributed by atoms with van der Waals surface area (Å²) in [4.78, 5) is 13.9. The van der Waals surface area contributed by atoms with E-state index < -0.39 is 15.4 Å². The lowest BCUT2D eigenvalue weighted by atomic mass is 9.52. The molecule has 5 nitrogen and oxygen atoms in total. The van der Waals surface area contributed by atoms with Crippen LogP contribution in [0.25, 0.3) is 0 Å². The Hall–Kier alpha value is -2.96. The third kappa shape index (κ3) is 3.01. The number of carbonyl (C=O) groups is 1. The number of amides is 1. The van der Waals surface area contributed by atoms with E-state index in [0.717, 1.165) is 6.42 Å². The highest BCUT2D eigenvalue weighted by Crippen LogP contribution is 2.61. The van der Waals surface area contributed by atoms with Crippen LogP contribution in [0.15, 0.2) is 77.7 Å². The van der Waals surface area contributed by atoms with Crippen LogP contribution in [0.3, 0.4) is 0 Å². The van der Waals surface area contributed by atoms with Crippen molar-refractivity contribution in [3.63, 3.8) is 0 Å². The summed E-state index contributed by atoms with van der Waals surface area (Å²) in [5, 5.41) is 3.06. The molecule has 3 aromatic rings. The molecule has 0 aliphatic heterocycles. The van der Waals surface area contributed by atoms with Crippen molar-refractivity contribution in [3.05, 3.63) is 95.1 Å². The van der Waals surface area contributed by atoms with Gasteiger partial charge >= 0.3 is 0 Å². The maximum absolute atomic E-state index is 13.7. The Kier molecular flexibility index (Phi) is 4.76. The molecule has 1 N–H and O–H groups in total. The minimum atomic E-state index is -3.51. The molecule has 32 heavy (non-hydrogen) atoms. The molecule has 0 saturated carbocycles. The fourth-order valence-electron chi connectivity index (χ4n) is 5.38. The molecule has 0 radical (unpaired) electrons. The Balaban J connectivity index is 1.49. The van der Waals surface area contributed by atoms with Crippen molar-refractivity contribution in [2.24, 2.45) is 5.41 Å². The first-order valence-electron chi connectivity index (χ1n) is 10.7. The first kappa shape index (κ1) is 20.9. The van der Waals surface area contributed by atoms with E-state index in [9.17, 15) is 13.2 Å². The second-order valence-corrected chi connectivity index (χ2v) is 11.3. The number of rotatable bonds is 4. The van der Waals surface area contributed by atoms with Crippen LogP contribution in [0.4, 0.5) is 5.69 Å². The normalized spacial score (nSPS) is 23.5. The van der Waals surface area contributed by atoms with Gasteiger partial charge in [-0.25, -0.2) is 12.7 Å². The maximum Gasteiger partial charge on any atom is 0.242 e. The molecular formula is C26H26N2O3S. The first-order valence-corrected chi connectivity index (χ1v) is 12.2.